The van der Waals surface area contributed by atoms with Crippen LogP contribution < -0.4 is 5.32 Å². The zero-order valence-electron chi connectivity index (χ0n) is 17.2. The molecule has 0 radical (unpaired) electrons. The van der Waals surface area contributed by atoms with Gasteiger partial charge in [0.2, 0.25) is 5.91 Å². The monoisotopic (exact) mass is 420 g/mol. The second-order valence-electron chi connectivity index (χ2n) is 7.80. The number of amides is 2. The van der Waals surface area contributed by atoms with Gasteiger partial charge in [-0.2, -0.15) is 0 Å². The van der Waals surface area contributed by atoms with Gasteiger partial charge in [0.25, 0.3) is 5.91 Å². The molecular weight excluding hydrogens is 395 g/mol. The molecule has 1 unspecified atom stereocenters. The van der Waals surface area contributed by atoms with Crippen LogP contribution in [0.1, 0.15) is 53.4 Å². The number of nitrogens with zero attached hydrogens (tertiary/aromatic N) is 1. The van der Waals surface area contributed by atoms with Gasteiger partial charge < -0.3 is 14.6 Å². The van der Waals surface area contributed by atoms with Crippen molar-refractivity contribution in [3.8, 4) is 0 Å². The third-order valence-corrected chi connectivity index (χ3v) is 5.67. The highest BCUT2D eigenvalue weighted by atomic mass is 19.1. The molecule has 2 amide bonds. The molecule has 6 heteroatoms. The van der Waals surface area contributed by atoms with Gasteiger partial charge in [0.1, 0.15) is 11.9 Å². The third-order valence-electron chi connectivity index (χ3n) is 5.67. The van der Waals surface area contributed by atoms with Gasteiger partial charge in [-0.3, -0.25) is 9.59 Å². The van der Waals surface area contributed by atoms with Crippen molar-refractivity contribution in [3.63, 3.8) is 0 Å². The van der Waals surface area contributed by atoms with E-state index in [1.165, 1.54) is 17.2 Å². The third kappa shape index (κ3) is 4.85. The Hall–Kier alpha value is -3.41. The molecule has 0 spiro atoms. The predicted molar refractivity (Wildman–Crippen MR) is 115 cm³/mol. The molecule has 1 saturated carbocycles. The summed E-state index contributed by atoms with van der Waals surface area (Å²) in [6.07, 6.45) is 5.40. The summed E-state index contributed by atoms with van der Waals surface area (Å²) in [5.74, 6) is -1.06. The summed E-state index contributed by atoms with van der Waals surface area (Å²) < 4.78 is 19.8. The fourth-order valence-electron chi connectivity index (χ4n) is 4.09. The SMILES string of the molecule is O=C(NC1CCCC1)C(c1ccccc1)N(Cc1ccccc1F)C(=O)c1ccco1. The Balaban J connectivity index is 1.73. The quantitative estimate of drug-likeness (QED) is 0.594. The van der Waals surface area contributed by atoms with Crippen LogP contribution >= 0.6 is 0 Å². The lowest BCUT2D eigenvalue weighted by molar-refractivity contribution is -0.126. The van der Waals surface area contributed by atoms with Crippen LogP contribution in [0.2, 0.25) is 0 Å². The van der Waals surface area contributed by atoms with E-state index in [4.69, 9.17) is 4.42 Å². The molecule has 160 valence electrons. The maximum atomic E-state index is 14.5. The van der Waals surface area contributed by atoms with Crippen LogP contribution in [0.5, 0.6) is 0 Å². The van der Waals surface area contributed by atoms with Crippen LogP contribution in [0.15, 0.2) is 77.4 Å². The van der Waals surface area contributed by atoms with Crippen molar-refractivity contribution in [3.05, 3.63) is 95.7 Å². The molecule has 0 saturated heterocycles. The number of carbonyl (C=O) groups is 2. The maximum Gasteiger partial charge on any atom is 0.290 e. The number of rotatable bonds is 7. The zero-order chi connectivity index (χ0) is 21.6. The molecule has 3 aromatic rings. The molecular formula is C25H25FN2O3. The highest BCUT2D eigenvalue weighted by Gasteiger charge is 2.35. The molecule has 31 heavy (non-hydrogen) atoms. The van der Waals surface area contributed by atoms with Crippen LogP contribution in [0, 0.1) is 5.82 Å². The van der Waals surface area contributed by atoms with Crippen LogP contribution in [0.4, 0.5) is 4.39 Å². The minimum absolute atomic E-state index is 0.0656. The number of furan rings is 1. The summed E-state index contributed by atoms with van der Waals surface area (Å²) in [5.41, 5.74) is 0.992. The Morgan fingerprint density at radius 3 is 2.39 bits per heavy atom. The summed E-state index contributed by atoms with van der Waals surface area (Å²) in [6, 6.07) is 17.7. The van der Waals surface area contributed by atoms with Gasteiger partial charge in [-0.15, -0.1) is 0 Å². The van der Waals surface area contributed by atoms with Crippen LogP contribution in [0.3, 0.4) is 0 Å². The minimum atomic E-state index is -0.918. The highest BCUT2D eigenvalue weighted by Crippen LogP contribution is 2.28. The number of hydrogen-bond donors (Lipinski definition) is 1. The largest absolute Gasteiger partial charge is 0.459 e. The second-order valence-corrected chi connectivity index (χ2v) is 7.80. The topological polar surface area (TPSA) is 62.6 Å². The van der Waals surface area contributed by atoms with E-state index in [1.54, 1.807) is 30.3 Å². The van der Waals surface area contributed by atoms with Gasteiger partial charge in [-0.1, -0.05) is 61.4 Å². The van der Waals surface area contributed by atoms with Gasteiger partial charge in [-0.05, 0) is 36.6 Å². The molecule has 2 aromatic carbocycles. The molecule has 4 rings (SSSR count). The van der Waals surface area contributed by atoms with Crippen molar-refractivity contribution in [2.45, 2.75) is 44.3 Å². The number of carbonyl (C=O) groups excluding carboxylic acids is 2. The lowest BCUT2D eigenvalue weighted by Crippen LogP contribution is -2.45. The molecule has 1 aliphatic rings. The second kappa shape index (κ2) is 9.60. The fraction of sp³-hybridized carbons (Fsp3) is 0.280. The average Bonchev–Trinajstić information content (AvgIpc) is 3.49. The maximum absolute atomic E-state index is 14.5. The van der Waals surface area contributed by atoms with Gasteiger partial charge in [0, 0.05) is 11.6 Å². The van der Waals surface area contributed by atoms with Crippen LogP contribution in [-0.2, 0) is 11.3 Å². The number of halogens is 1. The Bertz CT molecular complexity index is 1010. The van der Waals surface area contributed by atoms with E-state index in [1.807, 2.05) is 30.3 Å². The van der Waals surface area contributed by atoms with Gasteiger partial charge in [0.05, 0.1) is 12.8 Å². The van der Waals surface area contributed by atoms with Gasteiger partial charge in [-0.25, -0.2) is 4.39 Å². The summed E-state index contributed by atoms with van der Waals surface area (Å²) >= 11 is 0. The van der Waals surface area contributed by atoms with Crippen LogP contribution in [0.25, 0.3) is 0 Å². The number of hydrogen-bond acceptors (Lipinski definition) is 3. The lowest BCUT2D eigenvalue weighted by Gasteiger charge is -2.32. The molecule has 1 aliphatic carbocycles. The minimum Gasteiger partial charge on any atom is -0.459 e. The van der Waals surface area contributed by atoms with Crippen LogP contribution in [-0.4, -0.2) is 22.8 Å². The summed E-state index contributed by atoms with van der Waals surface area (Å²) in [5, 5.41) is 3.10. The normalized spacial score (nSPS) is 14.9. The standard InChI is InChI=1S/C25H25FN2O3/c26-21-14-7-4-11-19(21)17-28(25(30)22-15-8-16-31-22)23(18-9-2-1-3-10-18)24(29)27-20-12-5-6-13-20/h1-4,7-11,14-16,20,23H,5-6,12-13,17H2,(H,27,29). The van der Waals surface area contributed by atoms with Crippen molar-refractivity contribution in [2.24, 2.45) is 0 Å². The molecule has 1 heterocycles. The Kier molecular flexibility index (Phi) is 6.46. The Morgan fingerprint density at radius 1 is 1.00 bits per heavy atom. The van der Waals surface area contributed by atoms with E-state index < -0.39 is 17.8 Å². The summed E-state index contributed by atoms with van der Waals surface area (Å²) in [4.78, 5) is 28.3. The lowest BCUT2D eigenvalue weighted by atomic mass is 10.0. The van der Waals surface area contributed by atoms with E-state index in [0.29, 0.717) is 11.1 Å². The molecule has 1 N–H and O–H groups in total. The Labute approximate surface area is 180 Å². The number of nitrogens with one attached hydrogen (secondary N) is 1. The molecule has 1 atom stereocenters. The van der Waals surface area contributed by atoms with Crippen molar-refractivity contribution < 1.29 is 18.4 Å². The van der Waals surface area contributed by atoms with E-state index in [0.717, 1.165) is 25.7 Å². The van der Waals surface area contributed by atoms with E-state index in [2.05, 4.69) is 5.32 Å². The number of benzene rings is 2. The molecule has 5 nitrogen and oxygen atoms in total. The molecule has 0 aliphatic heterocycles. The van der Waals surface area contributed by atoms with Gasteiger partial charge in [0.15, 0.2) is 5.76 Å². The van der Waals surface area contributed by atoms with Gasteiger partial charge >= 0.3 is 0 Å². The van der Waals surface area contributed by atoms with Crippen molar-refractivity contribution in [1.82, 2.24) is 10.2 Å². The first kappa shape index (κ1) is 20.8. The van der Waals surface area contributed by atoms with Crippen molar-refractivity contribution in [1.29, 1.82) is 0 Å². The molecule has 1 aromatic heterocycles. The first-order chi connectivity index (χ1) is 15.1. The highest BCUT2D eigenvalue weighted by molar-refractivity contribution is 5.96. The van der Waals surface area contributed by atoms with E-state index in [-0.39, 0.29) is 24.3 Å². The first-order valence-electron chi connectivity index (χ1n) is 10.6. The van der Waals surface area contributed by atoms with E-state index >= 15 is 0 Å². The smallest absolute Gasteiger partial charge is 0.290 e. The van der Waals surface area contributed by atoms with Crippen molar-refractivity contribution in [2.75, 3.05) is 0 Å². The zero-order valence-corrected chi connectivity index (χ0v) is 17.2. The fourth-order valence-corrected chi connectivity index (χ4v) is 4.09. The first-order valence-corrected chi connectivity index (χ1v) is 10.6. The van der Waals surface area contributed by atoms with E-state index in [9.17, 15) is 14.0 Å². The Morgan fingerprint density at radius 2 is 1.71 bits per heavy atom. The molecule has 1 fully saturated rings. The summed E-state index contributed by atoms with van der Waals surface area (Å²) in [6.45, 7) is -0.0656. The summed E-state index contributed by atoms with van der Waals surface area (Å²) in [7, 11) is 0. The molecule has 0 bridgehead atoms. The van der Waals surface area contributed by atoms with Crippen molar-refractivity contribution >= 4 is 11.8 Å². The average molecular weight is 420 g/mol. The predicted octanol–water partition coefficient (Wildman–Crippen LogP) is 4.86.